The summed E-state index contributed by atoms with van der Waals surface area (Å²) in [4.78, 5) is 38.9. The molecule has 0 atom stereocenters. The summed E-state index contributed by atoms with van der Waals surface area (Å²) in [6.45, 7) is 5.40. The van der Waals surface area contributed by atoms with Gasteiger partial charge >= 0.3 is 0 Å². The second kappa shape index (κ2) is 5.75. The minimum absolute atomic E-state index is 0.179. The second-order valence-electron chi connectivity index (χ2n) is 4.58. The first-order valence-electron chi connectivity index (χ1n) is 6.07. The average Bonchev–Trinajstić information content (AvgIpc) is 2.68. The lowest BCUT2D eigenvalue weighted by Gasteiger charge is -2.28. The molecule has 2 aliphatic rings. The van der Waals surface area contributed by atoms with Crippen LogP contribution in [-0.4, -0.2) is 59.7 Å². The molecule has 2 fully saturated rings. The van der Waals surface area contributed by atoms with Crippen molar-refractivity contribution >= 4 is 28.8 Å². The van der Waals surface area contributed by atoms with Gasteiger partial charge in [-0.25, -0.2) is 0 Å². The van der Waals surface area contributed by atoms with E-state index in [0.717, 1.165) is 22.2 Å². The van der Waals surface area contributed by atoms with E-state index >= 15 is 0 Å². The van der Waals surface area contributed by atoms with Gasteiger partial charge in [-0.3, -0.25) is 19.3 Å². The molecule has 0 spiro atoms. The van der Waals surface area contributed by atoms with Crippen molar-refractivity contribution in [2.45, 2.75) is 13.8 Å². The topological polar surface area (TPSA) is 66.9 Å². The largest absolute Gasteiger partial charge is 0.378 e. The molecule has 0 unspecified atom stereocenters. The lowest BCUT2D eigenvalue weighted by Crippen LogP contribution is -2.46. The van der Waals surface area contributed by atoms with Crippen molar-refractivity contribution in [1.82, 2.24) is 9.80 Å². The number of ether oxygens (including phenoxy) is 1. The standard InChI is InChI=1S/C12H16N2O4S/c1-8(2)10-11(16)14(12(17)19-10)7-9(15)13-3-5-18-6-4-13/h3-7H2,1-2H3. The predicted molar refractivity (Wildman–Crippen MR) is 70.5 cm³/mol. The number of carbonyl (C=O) groups is 3. The van der Waals surface area contributed by atoms with E-state index in [0.29, 0.717) is 31.2 Å². The van der Waals surface area contributed by atoms with Crippen molar-refractivity contribution in [3.8, 4) is 0 Å². The molecule has 0 aromatic heterocycles. The molecule has 2 aliphatic heterocycles. The first-order valence-corrected chi connectivity index (χ1v) is 6.89. The normalized spacial score (nSPS) is 20.2. The molecular weight excluding hydrogens is 268 g/mol. The Bertz CT molecular complexity index is 451. The minimum atomic E-state index is -0.372. The summed E-state index contributed by atoms with van der Waals surface area (Å²) in [7, 11) is 0. The third-order valence-electron chi connectivity index (χ3n) is 2.96. The molecule has 0 aromatic rings. The maximum Gasteiger partial charge on any atom is 0.294 e. The van der Waals surface area contributed by atoms with Crippen molar-refractivity contribution in [3.63, 3.8) is 0 Å². The molecule has 19 heavy (non-hydrogen) atoms. The molecule has 7 heteroatoms. The molecule has 2 rings (SSSR count). The van der Waals surface area contributed by atoms with Gasteiger partial charge in [0.25, 0.3) is 11.1 Å². The van der Waals surface area contributed by atoms with Crippen molar-refractivity contribution < 1.29 is 19.1 Å². The van der Waals surface area contributed by atoms with Crippen LogP contribution in [0.2, 0.25) is 0 Å². The van der Waals surface area contributed by atoms with Crippen LogP contribution in [0, 0.1) is 0 Å². The first kappa shape index (κ1) is 14.1. The van der Waals surface area contributed by atoms with E-state index in [9.17, 15) is 14.4 Å². The summed E-state index contributed by atoms with van der Waals surface area (Å²) >= 11 is 0.900. The Morgan fingerprint density at radius 1 is 1.26 bits per heavy atom. The van der Waals surface area contributed by atoms with Crippen LogP contribution in [0.1, 0.15) is 13.8 Å². The second-order valence-corrected chi connectivity index (χ2v) is 5.54. The minimum Gasteiger partial charge on any atom is -0.378 e. The third-order valence-corrected chi connectivity index (χ3v) is 4.14. The number of allylic oxidation sites excluding steroid dienone is 1. The van der Waals surface area contributed by atoms with E-state index in [-0.39, 0.29) is 23.6 Å². The molecule has 2 saturated heterocycles. The van der Waals surface area contributed by atoms with Crippen LogP contribution < -0.4 is 0 Å². The number of thioether (sulfide) groups is 1. The molecule has 0 aromatic carbocycles. The van der Waals surface area contributed by atoms with Gasteiger partial charge in [-0.05, 0) is 25.6 Å². The van der Waals surface area contributed by atoms with E-state index in [4.69, 9.17) is 4.74 Å². The van der Waals surface area contributed by atoms with E-state index in [2.05, 4.69) is 0 Å². The highest BCUT2D eigenvalue weighted by molar-refractivity contribution is 8.18. The fraction of sp³-hybridized carbons (Fsp3) is 0.583. The number of hydrogen-bond donors (Lipinski definition) is 0. The maximum absolute atomic E-state index is 12.0. The summed E-state index contributed by atoms with van der Waals surface area (Å²) in [5.74, 6) is -0.572. The van der Waals surface area contributed by atoms with Gasteiger partial charge in [-0.15, -0.1) is 0 Å². The van der Waals surface area contributed by atoms with Crippen molar-refractivity contribution in [3.05, 3.63) is 10.5 Å². The average molecular weight is 284 g/mol. The Morgan fingerprint density at radius 3 is 2.42 bits per heavy atom. The zero-order chi connectivity index (χ0) is 14.0. The number of hydrogen-bond acceptors (Lipinski definition) is 5. The Labute approximate surface area is 115 Å². The lowest BCUT2D eigenvalue weighted by atomic mass is 10.3. The summed E-state index contributed by atoms with van der Waals surface area (Å²) in [6, 6.07) is 0. The summed E-state index contributed by atoms with van der Waals surface area (Å²) in [5.41, 5.74) is 0.796. The van der Waals surface area contributed by atoms with E-state index < -0.39 is 0 Å². The van der Waals surface area contributed by atoms with Crippen LogP contribution in [-0.2, 0) is 14.3 Å². The summed E-state index contributed by atoms with van der Waals surface area (Å²) < 4.78 is 5.16. The van der Waals surface area contributed by atoms with E-state index in [1.54, 1.807) is 18.7 Å². The summed E-state index contributed by atoms with van der Waals surface area (Å²) in [5, 5.41) is -0.372. The lowest BCUT2D eigenvalue weighted by molar-refractivity contribution is -0.139. The first-order chi connectivity index (χ1) is 9.00. The molecule has 2 heterocycles. The van der Waals surface area contributed by atoms with Gasteiger partial charge in [0, 0.05) is 13.1 Å². The Morgan fingerprint density at radius 2 is 1.89 bits per heavy atom. The zero-order valence-corrected chi connectivity index (χ0v) is 11.8. The van der Waals surface area contributed by atoms with E-state index in [1.165, 1.54) is 0 Å². The molecular formula is C12H16N2O4S. The number of nitrogens with zero attached hydrogens (tertiary/aromatic N) is 2. The van der Waals surface area contributed by atoms with Gasteiger partial charge in [-0.2, -0.15) is 0 Å². The number of amides is 3. The summed E-state index contributed by atoms with van der Waals surface area (Å²) in [6.07, 6.45) is 0. The van der Waals surface area contributed by atoms with Gasteiger partial charge < -0.3 is 9.64 Å². The molecule has 3 amide bonds. The third kappa shape index (κ3) is 2.98. The Kier molecular flexibility index (Phi) is 4.26. The van der Waals surface area contributed by atoms with Gasteiger partial charge in [0.1, 0.15) is 6.54 Å². The molecule has 0 radical (unpaired) electrons. The van der Waals surface area contributed by atoms with Crippen LogP contribution in [0.3, 0.4) is 0 Å². The molecule has 0 N–H and O–H groups in total. The number of imide groups is 1. The van der Waals surface area contributed by atoms with Crippen LogP contribution in [0.25, 0.3) is 0 Å². The van der Waals surface area contributed by atoms with Crippen molar-refractivity contribution in [1.29, 1.82) is 0 Å². The zero-order valence-electron chi connectivity index (χ0n) is 11.0. The fourth-order valence-electron chi connectivity index (χ4n) is 1.89. The molecule has 0 bridgehead atoms. The Hall–Kier alpha value is -1.34. The molecule has 0 aliphatic carbocycles. The smallest absolute Gasteiger partial charge is 0.294 e. The van der Waals surface area contributed by atoms with Crippen molar-refractivity contribution in [2.75, 3.05) is 32.8 Å². The monoisotopic (exact) mass is 284 g/mol. The fourth-order valence-corrected chi connectivity index (χ4v) is 2.73. The highest BCUT2D eigenvalue weighted by atomic mass is 32.2. The van der Waals surface area contributed by atoms with Crippen LogP contribution in [0.5, 0.6) is 0 Å². The molecule has 6 nitrogen and oxygen atoms in total. The van der Waals surface area contributed by atoms with Gasteiger partial charge in [0.05, 0.1) is 18.1 Å². The number of morpholine rings is 1. The van der Waals surface area contributed by atoms with Gasteiger partial charge in [0.15, 0.2) is 0 Å². The van der Waals surface area contributed by atoms with Crippen LogP contribution in [0.15, 0.2) is 10.5 Å². The van der Waals surface area contributed by atoms with Crippen LogP contribution >= 0.6 is 11.8 Å². The molecule has 0 saturated carbocycles. The predicted octanol–water partition coefficient (Wildman–Crippen LogP) is 0.835. The number of carbonyl (C=O) groups excluding carboxylic acids is 3. The molecule has 104 valence electrons. The maximum atomic E-state index is 12.0. The van der Waals surface area contributed by atoms with Crippen LogP contribution in [0.4, 0.5) is 4.79 Å². The highest BCUT2D eigenvalue weighted by Gasteiger charge is 2.37. The highest BCUT2D eigenvalue weighted by Crippen LogP contribution is 2.32. The Balaban J connectivity index is 2.03. The quantitative estimate of drug-likeness (QED) is 0.703. The van der Waals surface area contributed by atoms with Gasteiger partial charge in [-0.1, -0.05) is 5.57 Å². The van der Waals surface area contributed by atoms with E-state index in [1.807, 2.05) is 0 Å². The SMILES string of the molecule is CC(C)=C1SC(=O)N(CC(=O)N2CCOCC2)C1=O. The number of rotatable bonds is 2. The van der Waals surface area contributed by atoms with Gasteiger partial charge in [0.2, 0.25) is 5.91 Å². The van der Waals surface area contributed by atoms with Crippen molar-refractivity contribution in [2.24, 2.45) is 0 Å².